The van der Waals surface area contributed by atoms with Crippen molar-refractivity contribution >= 4 is 23.7 Å². The van der Waals surface area contributed by atoms with Crippen LogP contribution in [0.3, 0.4) is 0 Å². The van der Waals surface area contributed by atoms with Gasteiger partial charge in [0.1, 0.15) is 12.1 Å². The third kappa shape index (κ3) is 21.9. The number of benzene rings is 1. The Bertz CT molecular complexity index is 1480. The fourth-order valence-electron chi connectivity index (χ4n) is 4.63. The zero-order chi connectivity index (χ0) is 42.3. The molecule has 24 heteroatoms. The van der Waals surface area contributed by atoms with E-state index in [4.69, 9.17) is 35.7 Å². The maximum absolute atomic E-state index is 13.6. The Balaban J connectivity index is 2.32. The monoisotopic (exact) mass is 824 g/mol. The summed E-state index contributed by atoms with van der Waals surface area (Å²) in [7, 11) is 0. The number of azide groups is 2. The molecule has 0 spiro atoms. The second kappa shape index (κ2) is 31.3. The highest BCUT2D eigenvalue weighted by Crippen LogP contribution is 2.29. The van der Waals surface area contributed by atoms with E-state index < -0.39 is 77.0 Å². The lowest BCUT2D eigenvalue weighted by Gasteiger charge is -2.23. The van der Waals surface area contributed by atoms with E-state index in [1.165, 1.54) is 0 Å². The summed E-state index contributed by atoms with van der Waals surface area (Å²) >= 11 is 0. The number of unbranched alkanes of at least 4 members (excludes halogenated alkanes) is 2. The van der Waals surface area contributed by atoms with Crippen molar-refractivity contribution in [3.63, 3.8) is 0 Å². The van der Waals surface area contributed by atoms with Gasteiger partial charge < -0.3 is 45.4 Å². The van der Waals surface area contributed by atoms with Crippen LogP contribution in [0.5, 0.6) is 5.75 Å². The van der Waals surface area contributed by atoms with Crippen molar-refractivity contribution in [1.29, 1.82) is 0 Å². The Morgan fingerprint density at radius 3 is 1.67 bits per heavy atom. The highest BCUT2D eigenvalue weighted by atomic mass is 19.2. The Labute approximate surface area is 325 Å². The summed E-state index contributed by atoms with van der Waals surface area (Å²) in [6, 6.07) is -1.87. The number of amides is 3. The molecule has 0 saturated heterocycles. The lowest BCUT2D eigenvalue weighted by Crippen LogP contribution is -2.54. The molecule has 320 valence electrons. The highest BCUT2D eigenvalue weighted by Gasteiger charge is 2.29. The minimum Gasteiger partial charge on any atom is -0.420 e. The van der Waals surface area contributed by atoms with Gasteiger partial charge in [-0.15, -0.1) is 0 Å². The molecule has 0 radical (unpaired) electrons. The molecular weight excluding hydrogens is 775 g/mol. The molecule has 1 rings (SSSR count). The molecule has 3 amide bonds. The zero-order valence-corrected chi connectivity index (χ0v) is 31.3. The van der Waals surface area contributed by atoms with Gasteiger partial charge in [-0.25, -0.2) is 13.2 Å². The number of nitrogens with one attached hydrogen (secondary N) is 3. The van der Waals surface area contributed by atoms with Gasteiger partial charge in [0, 0.05) is 35.9 Å². The van der Waals surface area contributed by atoms with E-state index in [-0.39, 0.29) is 91.8 Å². The molecule has 0 fully saturated rings. The van der Waals surface area contributed by atoms with Crippen molar-refractivity contribution in [2.24, 2.45) is 16.0 Å². The van der Waals surface area contributed by atoms with Crippen molar-refractivity contribution < 1.29 is 64.8 Å². The first-order chi connectivity index (χ1) is 27.5. The summed E-state index contributed by atoms with van der Waals surface area (Å²) in [6.07, 6.45) is 2.43. The molecule has 5 N–H and O–H groups in total. The lowest BCUT2D eigenvalue weighted by atomic mass is 10.1. The van der Waals surface area contributed by atoms with Crippen LogP contribution in [0.2, 0.25) is 0 Å². The number of carbonyl (C=O) groups is 4. The number of rotatable bonds is 33. The number of nitrogens with zero attached hydrogens (tertiary/aromatic N) is 6. The number of halogens is 5. The first-order valence-electron chi connectivity index (χ1n) is 18.1. The number of hydrogen-bond donors (Lipinski definition) is 4. The van der Waals surface area contributed by atoms with Crippen LogP contribution in [-0.2, 0) is 38.1 Å². The number of nitrogens with two attached hydrogens (primary N) is 1. The van der Waals surface area contributed by atoms with Gasteiger partial charge in [0.25, 0.3) is 0 Å². The van der Waals surface area contributed by atoms with Crippen LogP contribution < -0.4 is 26.4 Å². The molecule has 0 aromatic heterocycles. The van der Waals surface area contributed by atoms with Gasteiger partial charge in [0.15, 0.2) is 0 Å². The number of ether oxygens (including phenoxy) is 5. The summed E-state index contributed by atoms with van der Waals surface area (Å²) < 4.78 is 92.2. The average molecular weight is 825 g/mol. The van der Waals surface area contributed by atoms with Crippen molar-refractivity contribution in [3.8, 4) is 5.75 Å². The molecule has 0 unspecified atom stereocenters. The van der Waals surface area contributed by atoms with Gasteiger partial charge in [-0.3, -0.25) is 19.2 Å². The molecule has 2 atom stereocenters. The Morgan fingerprint density at radius 1 is 0.614 bits per heavy atom. The highest BCUT2D eigenvalue weighted by molar-refractivity contribution is 5.92. The predicted octanol–water partition coefficient (Wildman–Crippen LogP) is 3.53. The van der Waals surface area contributed by atoms with Crippen molar-refractivity contribution in [2.45, 2.75) is 69.9 Å². The summed E-state index contributed by atoms with van der Waals surface area (Å²) in [4.78, 5) is 55.8. The second-order valence-corrected chi connectivity index (χ2v) is 11.8. The van der Waals surface area contributed by atoms with E-state index in [0.29, 0.717) is 38.6 Å². The molecule has 0 aliphatic heterocycles. The minimum atomic E-state index is -2.38. The van der Waals surface area contributed by atoms with Crippen LogP contribution in [0.15, 0.2) is 10.2 Å². The Morgan fingerprint density at radius 2 is 1.11 bits per heavy atom. The molecule has 0 saturated carbocycles. The van der Waals surface area contributed by atoms with E-state index in [0.717, 1.165) is 0 Å². The smallest absolute Gasteiger partial charge is 0.313 e. The quantitative estimate of drug-likeness (QED) is 0.00921. The zero-order valence-electron chi connectivity index (χ0n) is 31.3. The van der Waals surface area contributed by atoms with Gasteiger partial charge in [0.2, 0.25) is 52.6 Å². The van der Waals surface area contributed by atoms with Crippen molar-refractivity contribution in [2.75, 3.05) is 79.0 Å². The molecule has 19 nitrogen and oxygen atoms in total. The van der Waals surface area contributed by atoms with Crippen LogP contribution in [0, 0.1) is 29.1 Å². The van der Waals surface area contributed by atoms with Crippen LogP contribution in [0.4, 0.5) is 22.0 Å². The van der Waals surface area contributed by atoms with E-state index in [9.17, 15) is 41.1 Å². The molecular formula is C33H49F5N10O9. The van der Waals surface area contributed by atoms with Gasteiger partial charge in [-0.05, 0) is 56.1 Å². The molecule has 1 aromatic rings. The molecule has 57 heavy (non-hydrogen) atoms. The van der Waals surface area contributed by atoms with E-state index in [2.05, 4.69) is 40.7 Å². The number of carbonyl (C=O) groups excluding carboxylic acids is 4. The predicted molar refractivity (Wildman–Crippen MR) is 191 cm³/mol. The fraction of sp³-hybridized carbons (Fsp3) is 0.697. The molecule has 1 aromatic carbocycles. The van der Waals surface area contributed by atoms with Gasteiger partial charge in [-0.2, -0.15) is 8.78 Å². The summed E-state index contributed by atoms with van der Waals surface area (Å²) in [6.45, 7) is 1.61. The average Bonchev–Trinajstić information content (AvgIpc) is 3.20. The topological polar surface area (TPSA) is 274 Å². The van der Waals surface area contributed by atoms with Crippen LogP contribution in [-0.4, -0.2) is 115 Å². The van der Waals surface area contributed by atoms with Gasteiger partial charge in [-0.1, -0.05) is 16.6 Å². The van der Waals surface area contributed by atoms with E-state index in [1.54, 1.807) is 0 Å². The molecule has 0 aliphatic rings. The lowest BCUT2D eigenvalue weighted by molar-refractivity contribution is -0.136. The second-order valence-electron chi connectivity index (χ2n) is 11.8. The maximum atomic E-state index is 13.6. The summed E-state index contributed by atoms with van der Waals surface area (Å²) in [5.41, 5.74) is 22.5. The summed E-state index contributed by atoms with van der Waals surface area (Å²) in [5, 5.41) is 15.0. The van der Waals surface area contributed by atoms with E-state index >= 15 is 0 Å². The normalized spacial score (nSPS) is 11.8. The summed E-state index contributed by atoms with van der Waals surface area (Å²) in [5.74, 6) is -15.8. The third-order valence-corrected chi connectivity index (χ3v) is 7.52. The van der Waals surface area contributed by atoms with Gasteiger partial charge >= 0.3 is 5.97 Å². The van der Waals surface area contributed by atoms with Crippen molar-refractivity contribution in [3.05, 3.63) is 50.0 Å². The van der Waals surface area contributed by atoms with Crippen molar-refractivity contribution in [1.82, 2.24) is 16.0 Å². The Kier molecular flexibility index (Phi) is 27.5. The molecule has 0 bridgehead atoms. The van der Waals surface area contributed by atoms with Crippen LogP contribution >= 0.6 is 0 Å². The largest absolute Gasteiger partial charge is 0.420 e. The SMILES string of the molecule is [N-]=[N+]=NCCCC[C@H](NC(=O)CCCN=[N+]=[N-])C(=O)N[C@@H](CCCCN)C(=O)NCCOCCOCCOCCOCCC(=O)Oc1c(F)c(F)c(F)c(F)c1F. The first-order valence-corrected chi connectivity index (χ1v) is 18.1. The minimum absolute atomic E-state index is 0.0146. The Hall–Kier alpha value is -4.83. The van der Waals surface area contributed by atoms with E-state index in [1.807, 2.05) is 0 Å². The first kappa shape index (κ1) is 50.2. The molecule has 0 aliphatic carbocycles. The van der Waals surface area contributed by atoms with Crippen LogP contribution in [0.25, 0.3) is 20.9 Å². The van der Waals surface area contributed by atoms with Crippen LogP contribution in [0.1, 0.15) is 57.8 Å². The third-order valence-electron chi connectivity index (χ3n) is 7.52. The number of hydrogen-bond acceptors (Lipinski definition) is 12. The number of esters is 1. The maximum Gasteiger partial charge on any atom is 0.313 e. The fourth-order valence-corrected chi connectivity index (χ4v) is 4.63. The molecule has 0 heterocycles. The van der Waals surface area contributed by atoms with Gasteiger partial charge in [0.05, 0.1) is 59.3 Å². The standard InChI is InChI=1S/C33H49F5N10O9/c34-26-27(35)29(37)31(30(38)28(26)36)57-25(50)9-14-53-16-18-55-20-21-56-19-17-54-15-13-42-32(51)22(6-1-3-10-39)46-33(52)23(7-2-4-11-43-47-40)45-24(49)8-5-12-44-48-41/h22-23H,1-21,39H2,(H,42,51)(H,45,49)(H,46,52)/t22-,23-/m0/s1.